The van der Waals surface area contributed by atoms with E-state index < -0.39 is 11.9 Å². The standard InChI is InChI=1S/C20H19N3O6/c1-26-15-7-3-13(4-8-15)19-22-17(29-23-19)12-28-18(24)11-21-20(25)14-5-9-16(27-2)10-6-14/h3-10H,11-12H2,1-2H3,(H,21,25). The van der Waals surface area contributed by atoms with Gasteiger partial charge in [-0.05, 0) is 48.5 Å². The van der Waals surface area contributed by atoms with Crippen molar-refractivity contribution >= 4 is 11.9 Å². The average molecular weight is 397 g/mol. The van der Waals surface area contributed by atoms with E-state index in [1.165, 1.54) is 7.11 Å². The van der Waals surface area contributed by atoms with Crippen molar-refractivity contribution in [3.05, 3.63) is 60.0 Å². The van der Waals surface area contributed by atoms with Gasteiger partial charge in [-0.15, -0.1) is 0 Å². The van der Waals surface area contributed by atoms with Crippen molar-refractivity contribution in [2.75, 3.05) is 20.8 Å². The number of methoxy groups -OCH3 is 2. The monoisotopic (exact) mass is 397 g/mol. The van der Waals surface area contributed by atoms with Crippen LogP contribution >= 0.6 is 0 Å². The van der Waals surface area contributed by atoms with Crippen LogP contribution in [0.5, 0.6) is 11.5 Å². The van der Waals surface area contributed by atoms with E-state index in [0.717, 1.165) is 5.56 Å². The molecule has 3 aromatic rings. The number of amides is 1. The summed E-state index contributed by atoms with van der Waals surface area (Å²) in [6.07, 6.45) is 0. The zero-order valence-electron chi connectivity index (χ0n) is 15.9. The molecule has 29 heavy (non-hydrogen) atoms. The number of benzene rings is 2. The smallest absolute Gasteiger partial charge is 0.325 e. The van der Waals surface area contributed by atoms with Gasteiger partial charge in [-0.3, -0.25) is 9.59 Å². The summed E-state index contributed by atoms with van der Waals surface area (Å²) in [6.45, 7) is -0.481. The number of hydrogen-bond donors (Lipinski definition) is 1. The van der Waals surface area contributed by atoms with E-state index in [9.17, 15) is 9.59 Å². The minimum absolute atomic E-state index is 0.144. The Balaban J connectivity index is 1.46. The first-order valence-corrected chi connectivity index (χ1v) is 8.64. The van der Waals surface area contributed by atoms with Gasteiger partial charge in [0.15, 0.2) is 6.61 Å². The van der Waals surface area contributed by atoms with E-state index in [1.54, 1.807) is 55.6 Å². The molecule has 0 radical (unpaired) electrons. The Kier molecular flexibility index (Phi) is 6.41. The van der Waals surface area contributed by atoms with E-state index in [0.29, 0.717) is 22.9 Å². The Hall–Kier alpha value is -3.88. The number of nitrogens with one attached hydrogen (secondary N) is 1. The van der Waals surface area contributed by atoms with Crippen molar-refractivity contribution in [2.45, 2.75) is 6.61 Å². The van der Waals surface area contributed by atoms with Crippen molar-refractivity contribution < 1.29 is 28.3 Å². The second kappa shape index (κ2) is 9.36. The number of rotatable bonds is 8. The van der Waals surface area contributed by atoms with Gasteiger partial charge in [-0.1, -0.05) is 5.16 Å². The van der Waals surface area contributed by atoms with Crippen LogP contribution in [-0.2, 0) is 16.1 Å². The zero-order valence-corrected chi connectivity index (χ0v) is 15.9. The minimum atomic E-state index is -0.629. The number of hydrogen-bond acceptors (Lipinski definition) is 8. The van der Waals surface area contributed by atoms with Gasteiger partial charge in [0.05, 0.1) is 14.2 Å². The molecule has 1 amide bonds. The molecule has 3 rings (SSSR count). The van der Waals surface area contributed by atoms with Crippen LogP contribution < -0.4 is 14.8 Å². The van der Waals surface area contributed by atoms with E-state index in [4.69, 9.17) is 18.7 Å². The number of ether oxygens (including phenoxy) is 3. The van der Waals surface area contributed by atoms with Crippen LogP contribution in [0.2, 0.25) is 0 Å². The topological polar surface area (TPSA) is 113 Å². The van der Waals surface area contributed by atoms with Gasteiger partial charge in [-0.2, -0.15) is 4.98 Å². The Morgan fingerprint density at radius 2 is 1.59 bits per heavy atom. The Morgan fingerprint density at radius 3 is 2.21 bits per heavy atom. The van der Waals surface area contributed by atoms with Gasteiger partial charge >= 0.3 is 5.97 Å². The lowest BCUT2D eigenvalue weighted by molar-refractivity contribution is -0.144. The Morgan fingerprint density at radius 1 is 0.966 bits per heavy atom. The highest BCUT2D eigenvalue weighted by atomic mass is 16.6. The number of carbonyl (C=O) groups excluding carboxylic acids is 2. The van der Waals surface area contributed by atoms with Gasteiger partial charge in [0.1, 0.15) is 18.0 Å². The molecule has 9 nitrogen and oxygen atoms in total. The number of aromatic nitrogens is 2. The lowest BCUT2D eigenvalue weighted by Crippen LogP contribution is -2.30. The summed E-state index contributed by atoms with van der Waals surface area (Å²) in [7, 11) is 3.11. The molecule has 150 valence electrons. The van der Waals surface area contributed by atoms with E-state index in [2.05, 4.69) is 15.5 Å². The van der Waals surface area contributed by atoms with Crippen LogP contribution in [0.3, 0.4) is 0 Å². The molecule has 1 aromatic heterocycles. The fourth-order valence-electron chi connectivity index (χ4n) is 2.36. The second-order valence-corrected chi connectivity index (χ2v) is 5.81. The maximum absolute atomic E-state index is 12.0. The Bertz CT molecular complexity index is 967. The first-order chi connectivity index (χ1) is 14.1. The molecule has 0 aliphatic carbocycles. The number of esters is 1. The molecule has 0 unspecified atom stereocenters. The number of nitrogens with zero attached hydrogens (tertiary/aromatic N) is 2. The molecule has 0 aliphatic heterocycles. The molecule has 0 atom stereocenters. The molecule has 1 heterocycles. The van der Waals surface area contributed by atoms with Gasteiger partial charge in [0.25, 0.3) is 11.8 Å². The van der Waals surface area contributed by atoms with Gasteiger partial charge in [0.2, 0.25) is 5.82 Å². The third-order valence-electron chi connectivity index (χ3n) is 3.92. The summed E-state index contributed by atoms with van der Waals surface area (Å²) in [6, 6.07) is 13.6. The lowest BCUT2D eigenvalue weighted by Gasteiger charge is -2.06. The van der Waals surface area contributed by atoms with E-state index in [-0.39, 0.29) is 19.0 Å². The summed E-state index contributed by atoms with van der Waals surface area (Å²) < 4.78 is 20.2. The molecule has 0 bridgehead atoms. The van der Waals surface area contributed by atoms with E-state index >= 15 is 0 Å². The van der Waals surface area contributed by atoms with Crippen LogP contribution in [0.15, 0.2) is 53.1 Å². The quantitative estimate of drug-likeness (QED) is 0.576. The third-order valence-corrected chi connectivity index (χ3v) is 3.92. The summed E-state index contributed by atoms with van der Waals surface area (Å²) >= 11 is 0. The maximum Gasteiger partial charge on any atom is 0.325 e. The first kappa shape index (κ1) is 19.9. The summed E-state index contributed by atoms with van der Waals surface area (Å²) in [5, 5.41) is 6.33. The van der Waals surface area contributed by atoms with Gasteiger partial charge < -0.3 is 24.1 Å². The van der Waals surface area contributed by atoms with Crippen molar-refractivity contribution in [1.82, 2.24) is 15.5 Å². The van der Waals surface area contributed by atoms with Gasteiger partial charge in [0, 0.05) is 11.1 Å². The summed E-state index contributed by atoms with van der Waals surface area (Å²) in [5.41, 5.74) is 1.14. The fourth-order valence-corrected chi connectivity index (χ4v) is 2.36. The van der Waals surface area contributed by atoms with E-state index in [1.807, 2.05) is 0 Å². The molecule has 0 saturated heterocycles. The van der Waals surface area contributed by atoms with Crippen LogP contribution in [-0.4, -0.2) is 42.8 Å². The summed E-state index contributed by atoms with van der Waals surface area (Å²) in [4.78, 5) is 28.0. The molecular formula is C20H19N3O6. The van der Waals surface area contributed by atoms with Crippen molar-refractivity contribution in [1.29, 1.82) is 0 Å². The molecular weight excluding hydrogens is 378 g/mol. The van der Waals surface area contributed by atoms with Crippen LogP contribution in [0.4, 0.5) is 0 Å². The predicted molar refractivity (Wildman–Crippen MR) is 101 cm³/mol. The normalized spacial score (nSPS) is 10.3. The first-order valence-electron chi connectivity index (χ1n) is 8.64. The van der Waals surface area contributed by atoms with Crippen molar-refractivity contribution in [3.8, 4) is 22.9 Å². The highest BCUT2D eigenvalue weighted by molar-refractivity contribution is 5.96. The molecule has 9 heteroatoms. The minimum Gasteiger partial charge on any atom is -0.497 e. The molecule has 2 aromatic carbocycles. The van der Waals surface area contributed by atoms with Gasteiger partial charge in [-0.25, -0.2) is 0 Å². The molecule has 0 saturated carbocycles. The Labute approximate surface area is 166 Å². The maximum atomic E-state index is 12.0. The van der Waals surface area contributed by atoms with Crippen molar-refractivity contribution in [3.63, 3.8) is 0 Å². The predicted octanol–water partition coefficient (Wildman–Crippen LogP) is 2.23. The SMILES string of the molecule is COc1ccc(C(=O)NCC(=O)OCc2nc(-c3ccc(OC)cc3)no2)cc1. The third kappa shape index (κ3) is 5.32. The number of carbonyl (C=O) groups is 2. The van der Waals surface area contributed by atoms with Crippen molar-refractivity contribution in [2.24, 2.45) is 0 Å². The van der Waals surface area contributed by atoms with Crippen LogP contribution in [0.25, 0.3) is 11.4 Å². The highest BCUT2D eigenvalue weighted by Gasteiger charge is 2.13. The highest BCUT2D eigenvalue weighted by Crippen LogP contribution is 2.19. The fraction of sp³-hybridized carbons (Fsp3) is 0.200. The average Bonchev–Trinajstić information content (AvgIpc) is 3.25. The van der Waals surface area contributed by atoms with Crippen LogP contribution in [0.1, 0.15) is 16.2 Å². The largest absolute Gasteiger partial charge is 0.497 e. The molecule has 0 fully saturated rings. The molecule has 1 N–H and O–H groups in total. The zero-order chi connectivity index (χ0) is 20.6. The molecule has 0 spiro atoms. The molecule has 0 aliphatic rings. The summed E-state index contributed by atoms with van der Waals surface area (Å²) in [5.74, 6) is 0.829. The lowest BCUT2D eigenvalue weighted by atomic mass is 10.2. The van der Waals surface area contributed by atoms with Crippen LogP contribution in [0, 0.1) is 0 Å². The second-order valence-electron chi connectivity index (χ2n) is 5.81.